The zero-order valence-corrected chi connectivity index (χ0v) is 24.1. The van der Waals surface area contributed by atoms with Gasteiger partial charge < -0.3 is 10.2 Å². The predicted molar refractivity (Wildman–Crippen MR) is 152 cm³/mol. The van der Waals surface area contributed by atoms with E-state index in [0.29, 0.717) is 47.2 Å². The van der Waals surface area contributed by atoms with Crippen LogP contribution in [0, 0.1) is 15.5 Å². The van der Waals surface area contributed by atoms with Gasteiger partial charge in [-0.15, -0.1) is 0 Å². The van der Waals surface area contributed by atoms with E-state index in [1.165, 1.54) is 0 Å². The summed E-state index contributed by atoms with van der Waals surface area (Å²) in [7, 11) is 0. The Morgan fingerprint density at radius 1 is 0.757 bits per heavy atom. The Morgan fingerprint density at radius 2 is 1.30 bits per heavy atom. The first-order chi connectivity index (χ1) is 18.0. The average molecular weight is 657 g/mol. The molecule has 2 saturated carbocycles. The SMILES string of the molecule is OC[C@H]1CC[C@H](c2nc(I)c3c(Cl)nccn32)CC1.OC[C@H]1CC[C@H](c2ncc3c(Cl)nccn32)CC1. The highest BCUT2D eigenvalue weighted by Gasteiger charge is 2.27. The van der Waals surface area contributed by atoms with Gasteiger partial charge in [0.2, 0.25) is 0 Å². The quantitative estimate of drug-likeness (QED) is 0.265. The van der Waals surface area contributed by atoms with E-state index in [1.54, 1.807) is 18.6 Å². The first-order valence-corrected chi connectivity index (χ1v) is 14.7. The highest BCUT2D eigenvalue weighted by Crippen LogP contribution is 2.37. The maximum atomic E-state index is 9.21. The van der Waals surface area contributed by atoms with Gasteiger partial charge in [-0.05, 0) is 85.8 Å². The number of halogens is 3. The van der Waals surface area contributed by atoms with E-state index in [0.717, 1.165) is 77.7 Å². The molecule has 0 atom stereocenters. The second-order valence-corrected chi connectivity index (χ2v) is 11.8. The topological polar surface area (TPSA) is 101 Å². The van der Waals surface area contributed by atoms with Crippen LogP contribution in [0.25, 0.3) is 11.0 Å². The van der Waals surface area contributed by atoms with Crippen LogP contribution in [0.1, 0.15) is 74.9 Å². The number of aliphatic hydroxyl groups excluding tert-OH is 2. The van der Waals surface area contributed by atoms with Crippen molar-refractivity contribution in [1.82, 2.24) is 28.7 Å². The van der Waals surface area contributed by atoms with Crippen molar-refractivity contribution in [2.24, 2.45) is 11.8 Å². The number of imidazole rings is 2. The van der Waals surface area contributed by atoms with Crippen molar-refractivity contribution in [2.45, 2.75) is 63.2 Å². The van der Waals surface area contributed by atoms with Gasteiger partial charge in [0.05, 0.1) is 6.20 Å². The van der Waals surface area contributed by atoms with Crippen molar-refractivity contribution >= 4 is 56.8 Å². The zero-order chi connectivity index (χ0) is 25.9. The average Bonchev–Trinajstić information content (AvgIpc) is 3.52. The summed E-state index contributed by atoms with van der Waals surface area (Å²) >= 11 is 14.4. The van der Waals surface area contributed by atoms with Crippen LogP contribution in [0.5, 0.6) is 0 Å². The molecular formula is C26H31Cl2IN6O2. The summed E-state index contributed by atoms with van der Waals surface area (Å²) in [5, 5.41) is 19.4. The van der Waals surface area contributed by atoms with Crippen LogP contribution >= 0.6 is 45.8 Å². The lowest BCUT2D eigenvalue weighted by atomic mass is 9.82. The molecule has 4 aromatic rings. The fraction of sp³-hybridized carbons (Fsp3) is 0.538. The molecule has 2 aliphatic carbocycles. The van der Waals surface area contributed by atoms with Crippen molar-refractivity contribution in [1.29, 1.82) is 0 Å². The van der Waals surface area contributed by atoms with Gasteiger partial charge in [0.25, 0.3) is 0 Å². The minimum absolute atomic E-state index is 0.308. The van der Waals surface area contributed by atoms with Crippen molar-refractivity contribution in [2.75, 3.05) is 13.2 Å². The van der Waals surface area contributed by atoms with Crippen molar-refractivity contribution in [3.05, 3.63) is 56.6 Å². The summed E-state index contributed by atoms with van der Waals surface area (Å²) in [4.78, 5) is 17.4. The summed E-state index contributed by atoms with van der Waals surface area (Å²) in [6.45, 7) is 0.618. The molecule has 0 unspecified atom stereocenters. The van der Waals surface area contributed by atoms with Gasteiger partial charge in [0, 0.05) is 49.8 Å². The summed E-state index contributed by atoms with van der Waals surface area (Å²) in [5.74, 6) is 4.02. The Labute approximate surface area is 239 Å². The van der Waals surface area contributed by atoms with Crippen LogP contribution in [0.15, 0.2) is 31.0 Å². The normalized spacial score (nSPS) is 24.2. The number of aromatic nitrogens is 6. The van der Waals surface area contributed by atoms with E-state index in [9.17, 15) is 5.11 Å². The second-order valence-electron chi connectivity index (χ2n) is 10.1. The molecule has 0 aromatic carbocycles. The summed E-state index contributed by atoms with van der Waals surface area (Å²) in [6.07, 6.45) is 17.7. The molecular weight excluding hydrogens is 626 g/mol. The highest BCUT2D eigenvalue weighted by molar-refractivity contribution is 14.1. The van der Waals surface area contributed by atoms with Gasteiger partial charge in [0.1, 0.15) is 26.4 Å². The van der Waals surface area contributed by atoms with Crippen LogP contribution in [-0.2, 0) is 0 Å². The number of hydrogen-bond donors (Lipinski definition) is 2. The molecule has 6 rings (SSSR count). The minimum atomic E-state index is 0.308. The lowest BCUT2D eigenvalue weighted by Gasteiger charge is -2.26. The van der Waals surface area contributed by atoms with E-state index in [1.807, 2.05) is 16.8 Å². The van der Waals surface area contributed by atoms with E-state index in [4.69, 9.17) is 28.3 Å². The van der Waals surface area contributed by atoms with Gasteiger partial charge >= 0.3 is 0 Å². The molecule has 0 spiro atoms. The maximum Gasteiger partial charge on any atom is 0.155 e. The summed E-state index contributed by atoms with van der Waals surface area (Å²) < 4.78 is 5.02. The lowest BCUT2D eigenvalue weighted by Crippen LogP contribution is -2.17. The third kappa shape index (κ3) is 5.75. The van der Waals surface area contributed by atoms with Crippen LogP contribution in [0.4, 0.5) is 0 Å². The first-order valence-electron chi connectivity index (χ1n) is 12.9. The van der Waals surface area contributed by atoms with E-state index < -0.39 is 0 Å². The number of fused-ring (bicyclic) bond motifs is 2. The van der Waals surface area contributed by atoms with Crippen LogP contribution in [0.2, 0.25) is 10.3 Å². The molecule has 4 aromatic heterocycles. The lowest BCUT2D eigenvalue weighted by molar-refractivity contribution is 0.181. The summed E-state index contributed by atoms with van der Waals surface area (Å²) in [5.41, 5.74) is 1.78. The van der Waals surface area contributed by atoms with Crippen LogP contribution in [0.3, 0.4) is 0 Å². The van der Waals surface area contributed by atoms with Gasteiger partial charge in [-0.2, -0.15) is 0 Å². The van der Waals surface area contributed by atoms with E-state index >= 15 is 0 Å². The zero-order valence-electron chi connectivity index (χ0n) is 20.5. The molecule has 11 heteroatoms. The van der Waals surface area contributed by atoms with Gasteiger partial charge in [-0.1, -0.05) is 23.2 Å². The first kappa shape index (κ1) is 27.1. The fourth-order valence-electron chi connectivity index (χ4n) is 5.70. The van der Waals surface area contributed by atoms with E-state index in [-0.39, 0.29) is 0 Å². The number of hydrogen-bond acceptors (Lipinski definition) is 6. The second kappa shape index (κ2) is 12.1. The molecule has 198 valence electrons. The Bertz CT molecular complexity index is 1350. The molecule has 0 saturated heterocycles. The van der Waals surface area contributed by atoms with Gasteiger partial charge in [-0.25, -0.2) is 19.9 Å². The van der Waals surface area contributed by atoms with E-state index in [2.05, 4.69) is 46.9 Å². The Balaban J connectivity index is 0.000000152. The molecule has 0 amide bonds. The third-order valence-electron chi connectivity index (χ3n) is 7.88. The smallest absolute Gasteiger partial charge is 0.155 e. The molecule has 8 nitrogen and oxygen atoms in total. The largest absolute Gasteiger partial charge is 0.396 e. The standard InChI is InChI=1S/C13H15ClIN3O.C13H16ClN3O/c14-11-10-12(15)17-13(18(10)6-5-16-11)9-3-1-8(7-19)2-4-9;14-12-11-7-16-13(17(11)6-5-15-12)10-3-1-9(8-18)2-4-10/h5-6,8-9,19H,1-4,7H2;5-7,9-10,18H,1-4,8H2/t8-,9-;9-,10-. The Kier molecular flexibility index (Phi) is 8.85. The molecule has 0 bridgehead atoms. The molecule has 0 aliphatic heterocycles. The monoisotopic (exact) mass is 656 g/mol. The molecule has 2 aliphatic rings. The number of rotatable bonds is 4. The maximum absolute atomic E-state index is 9.21. The number of aliphatic hydroxyl groups is 2. The van der Waals surface area contributed by atoms with Crippen LogP contribution in [-0.4, -0.2) is 52.2 Å². The molecule has 0 radical (unpaired) electrons. The number of nitrogens with zero attached hydrogens (tertiary/aromatic N) is 6. The third-order valence-corrected chi connectivity index (χ3v) is 9.20. The molecule has 2 N–H and O–H groups in total. The molecule has 37 heavy (non-hydrogen) atoms. The molecule has 2 fully saturated rings. The van der Waals surface area contributed by atoms with Crippen LogP contribution < -0.4 is 0 Å². The Hall–Kier alpha value is -1.53. The van der Waals surface area contributed by atoms with Gasteiger partial charge in [0.15, 0.2) is 10.3 Å². The minimum Gasteiger partial charge on any atom is -0.396 e. The van der Waals surface area contributed by atoms with Crippen molar-refractivity contribution in [3.63, 3.8) is 0 Å². The Morgan fingerprint density at radius 3 is 1.89 bits per heavy atom. The fourth-order valence-corrected chi connectivity index (χ4v) is 7.05. The predicted octanol–water partition coefficient (Wildman–Crippen LogP) is 5.90. The van der Waals surface area contributed by atoms with Crippen molar-refractivity contribution < 1.29 is 10.2 Å². The summed E-state index contributed by atoms with van der Waals surface area (Å²) in [6, 6.07) is 0. The van der Waals surface area contributed by atoms with Gasteiger partial charge in [-0.3, -0.25) is 8.80 Å². The highest BCUT2D eigenvalue weighted by atomic mass is 127. The van der Waals surface area contributed by atoms with Crippen molar-refractivity contribution in [3.8, 4) is 0 Å². The molecule has 4 heterocycles.